The number of ether oxygens (including phenoxy) is 2. The molecule has 5 heteroatoms. The molecule has 1 aliphatic rings. The van der Waals surface area contributed by atoms with Gasteiger partial charge in [0.15, 0.2) is 0 Å². The molecule has 19 heavy (non-hydrogen) atoms. The monoisotopic (exact) mass is 267 g/mol. The highest BCUT2D eigenvalue weighted by Crippen LogP contribution is 2.11. The molecular weight excluding hydrogens is 249 g/mol. The maximum absolute atomic E-state index is 12.7. The number of rotatable bonds is 5. The highest BCUT2D eigenvalue weighted by Gasteiger charge is 2.15. The summed E-state index contributed by atoms with van der Waals surface area (Å²) < 4.78 is 23.4. The van der Waals surface area contributed by atoms with E-state index in [2.05, 4.69) is 0 Å². The van der Waals surface area contributed by atoms with Gasteiger partial charge in [0.2, 0.25) is 5.91 Å². The van der Waals surface area contributed by atoms with Gasteiger partial charge in [-0.15, -0.1) is 0 Å². The number of halogens is 1. The molecule has 0 atom stereocenters. The zero-order valence-electron chi connectivity index (χ0n) is 10.8. The first-order chi connectivity index (χ1) is 9.25. The van der Waals surface area contributed by atoms with Gasteiger partial charge in [0.05, 0.1) is 26.2 Å². The normalized spacial score (nSPS) is 16.3. The third-order valence-electron chi connectivity index (χ3n) is 2.97. The van der Waals surface area contributed by atoms with E-state index in [9.17, 15) is 9.18 Å². The first-order valence-electron chi connectivity index (χ1n) is 6.49. The Hall–Kier alpha value is -1.62. The molecule has 0 bridgehead atoms. The van der Waals surface area contributed by atoms with Gasteiger partial charge in [-0.05, 0) is 30.7 Å². The van der Waals surface area contributed by atoms with Crippen LogP contribution in [0.2, 0.25) is 0 Å². The van der Waals surface area contributed by atoms with Gasteiger partial charge in [-0.2, -0.15) is 0 Å². The molecule has 1 amide bonds. The Morgan fingerprint density at radius 2 is 2.05 bits per heavy atom. The second-order valence-electron chi connectivity index (χ2n) is 4.40. The van der Waals surface area contributed by atoms with Crippen molar-refractivity contribution in [2.45, 2.75) is 12.8 Å². The molecule has 0 radical (unpaired) electrons. The first-order valence-corrected chi connectivity index (χ1v) is 6.49. The fraction of sp³-hybridized carbons (Fsp3) is 0.500. The van der Waals surface area contributed by atoms with Crippen LogP contribution in [-0.4, -0.2) is 43.7 Å². The molecule has 104 valence electrons. The summed E-state index contributed by atoms with van der Waals surface area (Å²) in [7, 11) is 0. The summed E-state index contributed by atoms with van der Waals surface area (Å²) in [6, 6.07) is 5.93. The molecule has 1 fully saturated rings. The minimum absolute atomic E-state index is 0.138. The predicted octanol–water partition coefficient (Wildman–Crippen LogP) is 1.84. The zero-order valence-corrected chi connectivity index (χ0v) is 10.8. The Labute approximate surface area is 112 Å². The molecule has 1 heterocycles. The van der Waals surface area contributed by atoms with Crippen molar-refractivity contribution in [2.24, 2.45) is 0 Å². The fourth-order valence-electron chi connectivity index (χ4n) is 1.93. The lowest BCUT2D eigenvalue weighted by atomic mass is 10.3. The van der Waals surface area contributed by atoms with Crippen LogP contribution in [-0.2, 0) is 9.53 Å². The summed E-state index contributed by atoms with van der Waals surface area (Å²) >= 11 is 0. The third kappa shape index (κ3) is 4.52. The molecule has 0 aliphatic carbocycles. The number of hydrogen-bond donors (Lipinski definition) is 0. The van der Waals surface area contributed by atoms with Gasteiger partial charge >= 0.3 is 0 Å². The Kier molecular flexibility index (Phi) is 5.15. The lowest BCUT2D eigenvalue weighted by Gasteiger charge is -2.19. The minimum Gasteiger partial charge on any atom is -0.494 e. The first kappa shape index (κ1) is 13.8. The second-order valence-corrected chi connectivity index (χ2v) is 4.40. The molecule has 0 unspecified atom stereocenters. The standard InChI is InChI=1S/C14H18FNO3/c15-12-2-4-13(5-3-12)19-9-1-7-16-8-11-18-10-6-14(16)17/h2-5H,1,6-11H2. The quantitative estimate of drug-likeness (QED) is 0.764. The van der Waals surface area contributed by atoms with Crippen molar-refractivity contribution in [1.82, 2.24) is 4.90 Å². The molecule has 4 nitrogen and oxygen atoms in total. The molecule has 0 N–H and O–H groups in total. The highest BCUT2D eigenvalue weighted by atomic mass is 19.1. The van der Waals surface area contributed by atoms with E-state index in [0.29, 0.717) is 45.1 Å². The number of hydrogen-bond acceptors (Lipinski definition) is 3. The Bertz CT molecular complexity index is 408. The highest BCUT2D eigenvalue weighted by molar-refractivity contribution is 5.76. The van der Waals surface area contributed by atoms with Gasteiger partial charge in [0, 0.05) is 13.1 Å². The average Bonchev–Trinajstić information content (AvgIpc) is 2.62. The lowest BCUT2D eigenvalue weighted by Crippen LogP contribution is -2.33. The second kappa shape index (κ2) is 7.09. The molecule has 0 aromatic heterocycles. The van der Waals surface area contributed by atoms with E-state index < -0.39 is 0 Å². The smallest absolute Gasteiger partial charge is 0.224 e. The van der Waals surface area contributed by atoms with Crippen molar-refractivity contribution in [1.29, 1.82) is 0 Å². The van der Waals surface area contributed by atoms with Crippen LogP contribution in [0, 0.1) is 5.82 Å². The number of carbonyl (C=O) groups excluding carboxylic acids is 1. The molecule has 1 saturated heterocycles. The summed E-state index contributed by atoms with van der Waals surface area (Å²) in [6.07, 6.45) is 1.21. The van der Waals surface area contributed by atoms with Gasteiger partial charge in [-0.3, -0.25) is 4.79 Å². The van der Waals surface area contributed by atoms with E-state index in [4.69, 9.17) is 9.47 Å². The predicted molar refractivity (Wildman–Crippen MR) is 68.5 cm³/mol. The lowest BCUT2D eigenvalue weighted by molar-refractivity contribution is -0.130. The van der Waals surface area contributed by atoms with E-state index in [-0.39, 0.29) is 11.7 Å². The number of benzene rings is 1. The largest absolute Gasteiger partial charge is 0.494 e. The van der Waals surface area contributed by atoms with Crippen LogP contribution in [0.4, 0.5) is 4.39 Å². The van der Waals surface area contributed by atoms with Crippen LogP contribution >= 0.6 is 0 Å². The summed E-state index contributed by atoms with van der Waals surface area (Å²) in [4.78, 5) is 13.5. The molecular formula is C14H18FNO3. The number of amides is 1. The van der Waals surface area contributed by atoms with Crippen LogP contribution in [0.1, 0.15) is 12.8 Å². The van der Waals surface area contributed by atoms with Crippen LogP contribution in [0.15, 0.2) is 24.3 Å². The molecule has 1 aliphatic heterocycles. The number of nitrogens with zero attached hydrogens (tertiary/aromatic N) is 1. The molecule has 1 aromatic rings. The van der Waals surface area contributed by atoms with Crippen LogP contribution in [0.5, 0.6) is 5.75 Å². The van der Waals surface area contributed by atoms with Crippen molar-refractivity contribution in [2.75, 3.05) is 32.9 Å². The van der Waals surface area contributed by atoms with Crippen molar-refractivity contribution < 1.29 is 18.7 Å². The topological polar surface area (TPSA) is 38.8 Å². The van der Waals surface area contributed by atoms with Crippen LogP contribution < -0.4 is 4.74 Å². The van der Waals surface area contributed by atoms with E-state index in [0.717, 1.165) is 6.42 Å². The van der Waals surface area contributed by atoms with Crippen LogP contribution in [0.25, 0.3) is 0 Å². The van der Waals surface area contributed by atoms with Gasteiger partial charge < -0.3 is 14.4 Å². The molecule has 1 aromatic carbocycles. The molecule has 2 rings (SSSR count). The Balaban J connectivity index is 1.68. The Morgan fingerprint density at radius 1 is 1.26 bits per heavy atom. The summed E-state index contributed by atoms with van der Waals surface area (Å²) in [5.41, 5.74) is 0. The van der Waals surface area contributed by atoms with Gasteiger partial charge in [-0.25, -0.2) is 4.39 Å². The molecule has 0 saturated carbocycles. The SMILES string of the molecule is O=C1CCOCCN1CCCOc1ccc(F)cc1. The average molecular weight is 267 g/mol. The summed E-state index contributed by atoms with van der Waals surface area (Å²) in [5.74, 6) is 0.508. The summed E-state index contributed by atoms with van der Waals surface area (Å²) in [6.45, 7) is 2.95. The van der Waals surface area contributed by atoms with Gasteiger partial charge in [0.25, 0.3) is 0 Å². The number of carbonyl (C=O) groups is 1. The van der Waals surface area contributed by atoms with E-state index in [1.54, 1.807) is 17.0 Å². The van der Waals surface area contributed by atoms with Crippen molar-refractivity contribution in [3.05, 3.63) is 30.1 Å². The van der Waals surface area contributed by atoms with E-state index >= 15 is 0 Å². The summed E-state index contributed by atoms with van der Waals surface area (Å²) in [5, 5.41) is 0. The third-order valence-corrected chi connectivity index (χ3v) is 2.97. The maximum atomic E-state index is 12.7. The van der Waals surface area contributed by atoms with E-state index in [1.807, 2.05) is 0 Å². The molecule has 0 spiro atoms. The van der Waals surface area contributed by atoms with Crippen molar-refractivity contribution >= 4 is 5.91 Å². The van der Waals surface area contributed by atoms with Crippen LogP contribution in [0.3, 0.4) is 0 Å². The van der Waals surface area contributed by atoms with E-state index in [1.165, 1.54) is 12.1 Å². The maximum Gasteiger partial charge on any atom is 0.224 e. The Morgan fingerprint density at radius 3 is 2.84 bits per heavy atom. The van der Waals surface area contributed by atoms with Crippen molar-refractivity contribution in [3.63, 3.8) is 0 Å². The van der Waals surface area contributed by atoms with Crippen molar-refractivity contribution in [3.8, 4) is 5.75 Å². The minimum atomic E-state index is -0.275. The van der Waals surface area contributed by atoms with Gasteiger partial charge in [-0.1, -0.05) is 0 Å². The van der Waals surface area contributed by atoms with Gasteiger partial charge in [0.1, 0.15) is 11.6 Å². The zero-order chi connectivity index (χ0) is 13.5. The fourth-order valence-corrected chi connectivity index (χ4v) is 1.93.